The minimum Gasteiger partial charge on any atom is -0.508 e. The van der Waals surface area contributed by atoms with Gasteiger partial charge in [0.05, 0.1) is 12.4 Å². The third-order valence-electron chi connectivity index (χ3n) is 4.74. The smallest absolute Gasteiger partial charge is 0.332 e. The maximum absolute atomic E-state index is 12.4. The van der Waals surface area contributed by atoms with Crippen molar-refractivity contribution in [1.82, 2.24) is 24.0 Å². The number of aliphatic hydroxyl groups is 1. The number of hydrogen-bond acceptors (Lipinski definition) is 6. The molecule has 3 N–H and O–H groups in total. The van der Waals surface area contributed by atoms with Gasteiger partial charge >= 0.3 is 5.69 Å². The highest BCUT2D eigenvalue weighted by Gasteiger charge is 2.17. The number of imidazole rings is 1. The summed E-state index contributed by atoms with van der Waals surface area (Å²) in [6.45, 7) is 2.80. The van der Waals surface area contributed by atoms with E-state index in [9.17, 15) is 19.8 Å². The van der Waals surface area contributed by atoms with E-state index in [1.54, 1.807) is 23.7 Å². The fraction of sp³-hybridized carbons (Fsp3) is 0.389. The predicted octanol–water partition coefficient (Wildman–Crippen LogP) is 0.273. The Balaban J connectivity index is 0.00000280. The molecule has 3 rings (SSSR count). The number of hydrogen-bond donors (Lipinski definition) is 3. The molecule has 28 heavy (non-hydrogen) atoms. The van der Waals surface area contributed by atoms with Gasteiger partial charge in [-0.1, -0.05) is 12.1 Å². The molecule has 0 bridgehead atoms. The van der Waals surface area contributed by atoms with Gasteiger partial charge in [-0.15, -0.1) is 12.4 Å². The quantitative estimate of drug-likeness (QED) is 0.538. The fourth-order valence-corrected chi connectivity index (χ4v) is 3.05. The summed E-state index contributed by atoms with van der Waals surface area (Å²) in [7, 11) is 3.02. The molecule has 10 heteroatoms. The van der Waals surface area contributed by atoms with E-state index in [0.29, 0.717) is 29.8 Å². The van der Waals surface area contributed by atoms with Gasteiger partial charge in [-0.25, -0.2) is 9.78 Å². The molecule has 1 aromatic carbocycles. The SMILES string of the molecule is CC(NCCn1cnc2c1c(=O)n(C)c(=O)n2C)C(O)c1ccc(O)cc1.Cl. The normalized spacial score (nSPS) is 13.3. The van der Waals surface area contributed by atoms with Crippen molar-refractivity contribution in [2.45, 2.75) is 25.6 Å². The second-order valence-electron chi connectivity index (χ2n) is 6.60. The number of phenolic OH excluding ortho intramolecular Hbond substituents is 1. The average molecular weight is 410 g/mol. The molecular formula is C18H24ClN5O4. The van der Waals surface area contributed by atoms with E-state index in [4.69, 9.17) is 0 Å². The van der Waals surface area contributed by atoms with Crippen LogP contribution in [0.1, 0.15) is 18.6 Å². The zero-order chi connectivity index (χ0) is 19.7. The molecular weight excluding hydrogens is 386 g/mol. The lowest BCUT2D eigenvalue weighted by atomic mass is 10.0. The van der Waals surface area contributed by atoms with Crippen molar-refractivity contribution in [2.24, 2.45) is 14.1 Å². The number of aromatic hydroxyl groups is 1. The monoisotopic (exact) mass is 409 g/mol. The van der Waals surface area contributed by atoms with Crippen LogP contribution in [-0.2, 0) is 20.6 Å². The summed E-state index contributed by atoms with van der Waals surface area (Å²) in [5.41, 5.74) is 0.613. The van der Waals surface area contributed by atoms with Gasteiger partial charge in [0, 0.05) is 33.2 Å². The van der Waals surface area contributed by atoms with E-state index < -0.39 is 11.8 Å². The van der Waals surface area contributed by atoms with Crippen molar-refractivity contribution in [3.05, 3.63) is 57.0 Å². The van der Waals surface area contributed by atoms with Crippen molar-refractivity contribution in [2.75, 3.05) is 6.54 Å². The first-order valence-corrected chi connectivity index (χ1v) is 8.62. The van der Waals surface area contributed by atoms with E-state index in [1.807, 2.05) is 6.92 Å². The summed E-state index contributed by atoms with van der Waals surface area (Å²) < 4.78 is 4.10. The molecule has 0 amide bonds. The topological polar surface area (TPSA) is 114 Å². The van der Waals surface area contributed by atoms with E-state index in [2.05, 4.69) is 10.3 Å². The van der Waals surface area contributed by atoms with Crippen LogP contribution >= 0.6 is 12.4 Å². The molecule has 0 saturated heterocycles. The van der Waals surface area contributed by atoms with E-state index in [1.165, 1.54) is 30.1 Å². The van der Waals surface area contributed by atoms with Gasteiger partial charge in [0.2, 0.25) is 0 Å². The lowest BCUT2D eigenvalue weighted by Crippen LogP contribution is -2.38. The van der Waals surface area contributed by atoms with Gasteiger partial charge in [-0.2, -0.15) is 0 Å². The van der Waals surface area contributed by atoms with Crippen LogP contribution in [0, 0.1) is 0 Å². The fourth-order valence-electron chi connectivity index (χ4n) is 3.05. The summed E-state index contributed by atoms with van der Waals surface area (Å²) >= 11 is 0. The van der Waals surface area contributed by atoms with Crippen molar-refractivity contribution in [3.8, 4) is 5.75 Å². The van der Waals surface area contributed by atoms with Crippen molar-refractivity contribution < 1.29 is 10.2 Å². The molecule has 2 heterocycles. The van der Waals surface area contributed by atoms with Gasteiger partial charge in [0.15, 0.2) is 11.2 Å². The second kappa shape index (κ2) is 8.59. The first-order chi connectivity index (χ1) is 12.8. The molecule has 152 valence electrons. The van der Waals surface area contributed by atoms with Gasteiger partial charge in [-0.05, 0) is 24.6 Å². The molecule has 2 aromatic heterocycles. The summed E-state index contributed by atoms with van der Waals surface area (Å²) in [5.74, 6) is 0.148. The van der Waals surface area contributed by atoms with Gasteiger partial charge in [0.1, 0.15) is 5.75 Å². The van der Waals surface area contributed by atoms with Gasteiger partial charge < -0.3 is 20.1 Å². The summed E-state index contributed by atoms with van der Waals surface area (Å²) in [6, 6.07) is 6.17. The molecule has 0 radical (unpaired) electrons. The average Bonchev–Trinajstić information content (AvgIpc) is 3.08. The van der Waals surface area contributed by atoms with Crippen LogP contribution in [0.3, 0.4) is 0 Å². The number of aliphatic hydroxyl groups excluding tert-OH is 1. The van der Waals surface area contributed by atoms with Crippen LogP contribution in [0.15, 0.2) is 40.2 Å². The van der Waals surface area contributed by atoms with Crippen molar-refractivity contribution in [1.29, 1.82) is 0 Å². The number of nitrogens with zero attached hydrogens (tertiary/aromatic N) is 4. The van der Waals surface area contributed by atoms with Crippen LogP contribution in [0.2, 0.25) is 0 Å². The lowest BCUT2D eigenvalue weighted by Gasteiger charge is -2.21. The second-order valence-corrected chi connectivity index (χ2v) is 6.60. The van der Waals surface area contributed by atoms with Crippen LogP contribution in [0.4, 0.5) is 0 Å². The molecule has 0 aliphatic heterocycles. The molecule has 2 unspecified atom stereocenters. The number of fused-ring (bicyclic) bond motifs is 1. The van der Waals surface area contributed by atoms with Gasteiger partial charge in [-0.3, -0.25) is 13.9 Å². The molecule has 0 fully saturated rings. The standard InChI is InChI=1S/C18H23N5O4.ClH/c1-11(15(25)12-4-6-13(24)7-5-12)19-8-9-23-10-20-16-14(23)17(26)22(3)18(27)21(16)2;/h4-7,10-11,15,19,24-25H,8-9H2,1-3H3;1H. The van der Waals surface area contributed by atoms with Crippen molar-refractivity contribution >= 4 is 23.6 Å². The Morgan fingerprint density at radius 3 is 2.43 bits per heavy atom. The Hall–Kier alpha value is -2.62. The maximum atomic E-state index is 12.4. The number of aromatic nitrogens is 4. The third kappa shape index (κ3) is 3.96. The first-order valence-electron chi connectivity index (χ1n) is 8.62. The first kappa shape index (κ1) is 21.7. The minimum absolute atomic E-state index is 0. The number of rotatable bonds is 6. The molecule has 2 atom stereocenters. The molecule has 9 nitrogen and oxygen atoms in total. The zero-order valence-corrected chi connectivity index (χ0v) is 16.7. The predicted molar refractivity (Wildman–Crippen MR) is 108 cm³/mol. The van der Waals surface area contributed by atoms with E-state index >= 15 is 0 Å². The number of benzene rings is 1. The number of phenols is 1. The summed E-state index contributed by atoms with van der Waals surface area (Å²) in [6.07, 6.45) is 0.799. The molecule has 0 saturated carbocycles. The van der Waals surface area contributed by atoms with Crippen molar-refractivity contribution in [3.63, 3.8) is 0 Å². The Bertz CT molecular complexity index is 1070. The highest BCUT2D eigenvalue weighted by atomic mass is 35.5. The van der Waals surface area contributed by atoms with Crippen LogP contribution < -0.4 is 16.6 Å². The number of halogens is 1. The van der Waals surface area contributed by atoms with Crippen LogP contribution in [-0.4, -0.2) is 41.5 Å². The van der Waals surface area contributed by atoms with Crippen LogP contribution in [0.5, 0.6) is 5.75 Å². The number of nitrogens with one attached hydrogen (secondary N) is 1. The third-order valence-corrected chi connectivity index (χ3v) is 4.74. The van der Waals surface area contributed by atoms with E-state index in [0.717, 1.165) is 4.57 Å². The Morgan fingerprint density at radius 1 is 1.14 bits per heavy atom. The molecule has 0 aliphatic rings. The molecule has 0 spiro atoms. The van der Waals surface area contributed by atoms with Crippen LogP contribution in [0.25, 0.3) is 11.2 Å². The largest absolute Gasteiger partial charge is 0.508 e. The summed E-state index contributed by atoms with van der Waals surface area (Å²) in [5, 5.41) is 23.0. The highest BCUT2D eigenvalue weighted by molar-refractivity contribution is 5.85. The Kier molecular flexibility index (Phi) is 6.65. The molecule has 3 aromatic rings. The van der Waals surface area contributed by atoms with E-state index in [-0.39, 0.29) is 29.8 Å². The molecule has 0 aliphatic carbocycles. The number of aryl methyl sites for hydroxylation is 1. The Morgan fingerprint density at radius 2 is 1.79 bits per heavy atom. The lowest BCUT2D eigenvalue weighted by molar-refractivity contribution is 0.135. The summed E-state index contributed by atoms with van der Waals surface area (Å²) in [4.78, 5) is 28.6. The zero-order valence-electron chi connectivity index (χ0n) is 15.9. The Labute approximate surface area is 167 Å². The highest BCUT2D eigenvalue weighted by Crippen LogP contribution is 2.19. The van der Waals surface area contributed by atoms with Gasteiger partial charge in [0.25, 0.3) is 5.56 Å². The maximum Gasteiger partial charge on any atom is 0.332 e. The minimum atomic E-state index is -0.737.